The molecule has 0 aliphatic carbocycles. The highest BCUT2D eigenvalue weighted by Gasteiger charge is 2.08. The second-order valence-electron chi connectivity index (χ2n) is 5.62. The zero-order chi connectivity index (χ0) is 14.9. The van der Waals surface area contributed by atoms with E-state index in [-0.39, 0.29) is 0 Å². The number of hydrogen-bond donors (Lipinski definition) is 0. The standard InChI is InChI=1S/C16H25ClN4/c1-2-3-4-5-6-7-8-9-10-11-15-19-20-16-13-18-12-14(17)21(15)16/h12-13H,2-11H2,1H3. The molecule has 0 atom stereocenters. The van der Waals surface area contributed by atoms with Gasteiger partial charge in [0.15, 0.2) is 5.65 Å². The van der Waals surface area contributed by atoms with Crippen LogP contribution in [0.4, 0.5) is 0 Å². The van der Waals surface area contributed by atoms with E-state index in [0.29, 0.717) is 5.15 Å². The summed E-state index contributed by atoms with van der Waals surface area (Å²) in [6.45, 7) is 2.26. The summed E-state index contributed by atoms with van der Waals surface area (Å²) in [5, 5.41) is 8.90. The molecule has 21 heavy (non-hydrogen) atoms. The van der Waals surface area contributed by atoms with E-state index in [2.05, 4.69) is 22.1 Å². The molecule has 2 aromatic rings. The van der Waals surface area contributed by atoms with Crippen LogP contribution < -0.4 is 0 Å². The zero-order valence-electron chi connectivity index (χ0n) is 12.9. The van der Waals surface area contributed by atoms with Crippen molar-refractivity contribution in [3.8, 4) is 0 Å². The van der Waals surface area contributed by atoms with Crippen molar-refractivity contribution in [3.63, 3.8) is 0 Å². The number of fused-ring (bicyclic) bond motifs is 1. The summed E-state index contributed by atoms with van der Waals surface area (Å²) >= 11 is 6.15. The minimum absolute atomic E-state index is 0.587. The molecule has 0 saturated heterocycles. The molecule has 2 heterocycles. The van der Waals surface area contributed by atoms with Crippen molar-refractivity contribution in [2.45, 2.75) is 71.1 Å². The van der Waals surface area contributed by atoms with Crippen LogP contribution in [0, 0.1) is 0 Å². The van der Waals surface area contributed by atoms with Crippen molar-refractivity contribution in [2.75, 3.05) is 0 Å². The van der Waals surface area contributed by atoms with E-state index in [1.807, 2.05) is 4.40 Å². The van der Waals surface area contributed by atoms with Crippen LogP contribution in [0.15, 0.2) is 12.4 Å². The Morgan fingerprint density at radius 3 is 2.29 bits per heavy atom. The van der Waals surface area contributed by atoms with Crippen molar-refractivity contribution < 1.29 is 0 Å². The van der Waals surface area contributed by atoms with Gasteiger partial charge in [-0.05, 0) is 6.42 Å². The van der Waals surface area contributed by atoms with Gasteiger partial charge >= 0.3 is 0 Å². The lowest BCUT2D eigenvalue weighted by Crippen LogP contribution is -1.97. The molecule has 0 bridgehead atoms. The molecule has 0 aliphatic rings. The Balaban J connectivity index is 1.64. The van der Waals surface area contributed by atoms with Crippen LogP contribution in [0.2, 0.25) is 5.15 Å². The number of rotatable bonds is 10. The lowest BCUT2D eigenvalue weighted by atomic mass is 10.1. The van der Waals surface area contributed by atoms with E-state index in [0.717, 1.165) is 24.3 Å². The van der Waals surface area contributed by atoms with Crippen molar-refractivity contribution in [2.24, 2.45) is 0 Å². The van der Waals surface area contributed by atoms with Crippen LogP contribution in [0.1, 0.15) is 70.5 Å². The largest absolute Gasteiger partial charge is 0.266 e. The molecule has 2 rings (SSSR count). The molecule has 0 unspecified atom stereocenters. The van der Waals surface area contributed by atoms with Gasteiger partial charge in [-0.2, -0.15) is 0 Å². The molecule has 116 valence electrons. The topological polar surface area (TPSA) is 43.1 Å². The van der Waals surface area contributed by atoms with Crippen LogP contribution in [0.3, 0.4) is 0 Å². The molecule has 0 N–H and O–H groups in total. The van der Waals surface area contributed by atoms with E-state index in [1.54, 1.807) is 12.4 Å². The van der Waals surface area contributed by atoms with Crippen molar-refractivity contribution in [3.05, 3.63) is 23.4 Å². The second-order valence-corrected chi connectivity index (χ2v) is 6.01. The number of nitrogens with zero attached hydrogens (tertiary/aromatic N) is 4. The van der Waals surface area contributed by atoms with Gasteiger partial charge in [-0.3, -0.25) is 9.38 Å². The average Bonchev–Trinajstić information content (AvgIpc) is 2.90. The summed E-state index contributed by atoms with van der Waals surface area (Å²) < 4.78 is 1.89. The maximum absolute atomic E-state index is 6.15. The monoisotopic (exact) mass is 308 g/mol. The smallest absolute Gasteiger partial charge is 0.180 e. The lowest BCUT2D eigenvalue weighted by molar-refractivity contribution is 0.561. The minimum Gasteiger partial charge on any atom is -0.266 e. The van der Waals surface area contributed by atoms with E-state index in [1.165, 1.54) is 51.4 Å². The Bertz CT molecular complexity index is 538. The number of halogens is 1. The fourth-order valence-corrected chi connectivity index (χ4v) is 2.87. The molecule has 2 aromatic heterocycles. The van der Waals surface area contributed by atoms with E-state index in [4.69, 9.17) is 11.6 Å². The molecule has 0 fully saturated rings. The van der Waals surface area contributed by atoms with E-state index < -0.39 is 0 Å². The molecule has 0 saturated carbocycles. The molecule has 0 aromatic carbocycles. The third-order valence-corrected chi connectivity index (χ3v) is 4.11. The third kappa shape index (κ3) is 4.95. The molecule has 0 spiro atoms. The molecular formula is C16H25ClN4. The van der Waals surface area contributed by atoms with Gasteiger partial charge < -0.3 is 0 Å². The highest BCUT2D eigenvalue weighted by atomic mass is 35.5. The molecule has 5 heteroatoms. The Morgan fingerprint density at radius 1 is 0.905 bits per heavy atom. The van der Waals surface area contributed by atoms with Crippen molar-refractivity contribution in [1.29, 1.82) is 0 Å². The first-order valence-electron chi connectivity index (χ1n) is 8.16. The van der Waals surface area contributed by atoms with Crippen molar-refractivity contribution in [1.82, 2.24) is 19.6 Å². The lowest BCUT2D eigenvalue weighted by Gasteiger charge is -2.03. The predicted octanol–water partition coefficient (Wildman–Crippen LogP) is 4.85. The van der Waals surface area contributed by atoms with Crippen LogP contribution in [0.5, 0.6) is 0 Å². The first kappa shape index (κ1) is 16.2. The minimum atomic E-state index is 0.587. The number of aryl methyl sites for hydroxylation is 1. The van der Waals surface area contributed by atoms with Gasteiger partial charge in [0.25, 0.3) is 0 Å². The number of hydrogen-bond acceptors (Lipinski definition) is 3. The fourth-order valence-electron chi connectivity index (χ4n) is 2.63. The van der Waals surface area contributed by atoms with E-state index >= 15 is 0 Å². The summed E-state index contributed by atoms with van der Waals surface area (Å²) in [7, 11) is 0. The summed E-state index contributed by atoms with van der Waals surface area (Å²) in [5.74, 6) is 0.945. The fraction of sp³-hybridized carbons (Fsp3) is 0.688. The molecule has 0 radical (unpaired) electrons. The number of unbranched alkanes of at least 4 members (excludes halogenated alkanes) is 8. The zero-order valence-corrected chi connectivity index (χ0v) is 13.6. The molecule has 0 aliphatic heterocycles. The highest BCUT2D eigenvalue weighted by molar-refractivity contribution is 6.29. The van der Waals surface area contributed by atoms with Gasteiger partial charge in [-0.15, -0.1) is 10.2 Å². The molecule has 0 amide bonds. The first-order chi connectivity index (χ1) is 10.3. The Labute approximate surface area is 131 Å². The second kappa shape index (κ2) is 8.98. The maximum Gasteiger partial charge on any atom is 0.180 e. The van der Waals surface area contributed by atoms with Crippen LogP contribution in [-0.2, 0) is 6.42 Å². The first-order valence-corrected chi connectivity index (χ1v) is 8.54. The van der Waals surface area contributed by atoms with E-state index in [9.17, 15) is 0 Å². The average molecular weight is 309 g/mol. The van der Waals surface area contributed by atoms with Gasteiger partial charge in [0.2, 0.25) is 0 Å². The summed E-state index contributed by atoms with van der Waals surface area (Å²) in [6, 6.07) is 0. The van der Waals surface area contributed by atoms with Gasteiger partial charge in [-0.1, -0.05) is 69.9 Å². The van der Waals surface area contributed by atoms with Gasteiger partial charge in [0.1, 0.15) is 11.0 Å². The summed E-state index contributed by atoms with van der Waals surface area (Å²) in [4.78, 5) is 4.02. The maximum atomic E-state index is 6.15. The van der Waals surface area contributed by atoms with Crippen LogP contribution in [-0.4, -0.2) is 19.6 Å². The third-order valence-electron chi connectivity index (χ3n) is 3.84. The quantitative estimate of drug-likeness (QED) is 0.589. The highest BCUT2D eigenvalue weighted by Crippen LogP contribution is 2.15. The number of aromatic nitrogens is 4. The normalized spacial score (nSPS) is 11.3. The van der Waals surface area contributed by atoms with Gasteiger partial charge in [-0.25, -0.2) is 0 Å². The van der Waals surface area contributed by atoms with Crippen molar-refractivity contribution >= 4 is 17.2 Å². The molecule has 4 nitrogen and oxygen atoms in total. The van der Waals surface area contributed by atoms with Crippen LogP contribution >= 0.6 is 11.6 Å². The van der Waals surface area contributed by atoms with Crippen LogP contribution in [0.25, 0.3) is 5.65 Å². The summed E-state index contributed by atoms with van der Waals surface area (Å²) in [5.41, 5.74) is 0.730. The van der Waals surface area contributed by atoms with Gasteiger partial charge in [0, 0.05) is 6.42 Å². The summed E-state index contributed by atoms with van der Waals surface area (Å²) in [6.07, 6.45) is 16.2. The predicted molar refractivity (Wildman–Crippen MR) is 86.7 cm³/mol. The Kier molecular flexibility index (Phi) is 6.93. The Morgan fingerprint density at radius 2 is 1.57 bits per heavy atom. The molecular weight excluding hydrogens is 284 g/mol. The van der Waals surface area contributed by atoms with Gasteiger partial charge in [0.05, 0.1) is 12.4 Å². The SMILES string of the molecule is CCCCCCCCCCCc1nnc2cncc(Cl)n12. The Hall–Kier alpha value is -1.16.